The second-order valence-corrected chi connectivity index (χ2v) is 3.58. The molecule has 0 saturated heterocycles. The lowest BCUT2D eigenvalue weighted by Crippen LogP contribution is -2.13. The van der Waals surface area contributed by atoms with Gasteiger partial charge in [0.2, 0.25) is 0 Å². The van der Waals surface area contributed by atoms with Gasteiger partial charge in [-0.1, -0.05) is 22.8 Å². The molecule has 0 unspecified atom stereocenters. The lowest BCUT2D eigenvalue weighted by atomic mass is 10.1. The number of rotatable bonds is 2. The first-order valence-electron chi connectivity index (χ1n) is 4.29. The highest BCUT2D eigenvalue weighted by molar-refractivity contribution is 6.37. The third-order valence-corrected chi connectivity index (χ3v) is 2.15. The number of carbonyl (C=O) groups is 1. The van der Waals surface area contributed by atoms with Crippen LogP contribution >= 0.6 is 11.6 Å². The van der Waals surface area contributed by atoms with E-state index >= 15 is 0 Å². The van der Waals surface area contributed by atoms with E-state index in [0.29, 0.717) is 10.7 Å². The Bertz CT molecular complexity index is 393. The zero-order valence-corrected chi connectivity index (χ0v) is 9.17. The summed E-state index contributed by atoms with van der Waals surface area (Å²) in [4.78, 5) is 11.1. The van der Waals surface area contributed by atoms with E-state index in [1.165, 1.54) is 0 Å². The maximum atomic E-state index is 11.1. The van der Waals surface area contributed by atoms with E-state index < -0.39 is 5.91 Å². The van der Waals surface area contributed by atoms with Crippen LogP contribution in [0.3, 0.4) is 0 Å². The molecule has 0 saturated carbocycles. The van der Waals surface area contributed by atoms with E-state index in [0.717, 1.165) is 17.3 Å². The molecule has 0 heterocycles. The highest BCUT2D eigenvalue weighted by Crippen LogP contribution is 2.26. The second kappa shape index (κ2) is 4.79. The van der Waals surface area contributed by atoms with Gasteiger partial charge < -0.3 is 10.5 Å². The van der Waals surface area contributed by atoms with E-state index in [2.05, 4.69) is 10.5 Å². The topological polar surface area (TPSA) is 61.7 Å². The summed E-state index contributed by atoms with van der Waals surface area (Å²) in [6.07, 6.45) is 0.773. The van der Waals surface area contributed by atoms with Crippen LogP contribution in [0.1, 0.15) is 11.1 Å². The number of aryl methyl sites for hydroxylation is 2. The first kappa shape index (κ1) is 11.5. The van der Waals surface area contributed by atoms with Crippen LogP contribution in [-0.4, -0.2) is 17.3 Å². The van der Waals surface area contributed by atoms with Crippen LogP contribution in [0, 0.1) is 13.8 Å². The molecule has 1 amide bonds. The highest BCUT2D eigenvalue weighted by atomic mass is 35.5. The predicted octanol–water partition coefficient (Wildman–Crippen LogP) is 2.36. The lowest BCUT2D eigenvalue weighted by molar-refractivity contribution is -0.110. The van der Waals surface area contributed by atoms with Crippen molar-refractivity contribution < 1.29 is 10.0 Å². The molecule has 1 aromatic rings. The summed E-state index contributed by atoms with van der Waals surface area (Å²) in [5, 5.41) is 13.8. The largest absolute Gasteiger partial charge is 0.411 e. The smallest absolute Gasteiger partial charge is 0.270 e. The molecule has 2 N–H and O–H groups in total. The standard InChI is InChI=1S/C10H11ClN2O2/c1-6-3-7(2)10(8(11)4-6)13-9(14)5-12-15/h3-5,15H,1-2H3,(H,13,14)/b12-5-. The molecule has 0 fully saturated rings. The molecule has 0 spiro atoms. The van der Waals surface area contributed by atoms with Gasteiger partial charge in [0.05, 0.1) is 10.7 Å². The maximum absolute atomic E-state index is 11.1. The maximum Gasteiger partial charge on any atom is 0.270 e. The Labute approximate surface area is 92.5 Å². The Morgan fingerprint density at radius 3 is 2.73 bits per heavy atom. The first-order chi connectivity index (χ1) is 7.04. The third kappa shape index (κ3) is 2.95. The van der Waals surface area contributed by atoms with Gasteiger partial charge in [0, 0.05) is 0 Å². The van der Waals surface area contributed by atoms with Crippen molar-refractivity contribution in [1.82, 2.24) is 0 Å². The SMILES string of the molecule is Cc1cc(C)c(NC(=O)/C=N\O)c(Cl)c1. The quantitative estimate of drug-likeness (QED) is 0.462. The van der Waals surface area contributed by atoms with Gasteiger partial charge in [-0.2, -0.15) is 0 Å². The van der Waals surface area contributed by atoms with Crippen molar-refractivity contribution in [2.75, 3.05) is 5.32 Å². The molecule has 4 nitrogen and oxygen atoms in total. The molecule has 0 bridgehead atoms. The van der Waals surface area contributed by atoms with Crippen LogP contribution in [-0.2, 0) is 4.79 Å². The fraction of sp³-hybridized carbons (Fsp3) is 0.200. The summed E-state index contributed by atoms with van der Waals surface area (Å²) in [7, 11) is 0. The molecule has 0 aliphatic rings. The number of oxime groups is 1. The van der Waals surface area contributed by atoms with Gasteiger partial charge in [0.1, 0.15) is 6.21 Å². The van der Waals surface area contributed by atoms with Gasteiger partial charge in [-0.15, -0.1) is 0 Å². The molecule has 15 heavy (non-hydrogen) atoms. The monoisotopic (exact) mass is 226 g/mol. The van der Waals surface area contributed by atoms with Crippen LogP contribution < -0.4 is 5.32 Å². The Hall–Kier alpha value is -1.55. The van der Waals surface area contributed by atoms with E-state index in [-0.39, 0.29) is 0 Å². The van der Waals surface area contributed by atoms with Crippen LogP contribution in [0.2, 0.25) is 5.02 Å². The van der Waals surface area contributed by atoms with Crippen molar-refractivity contribution in [3.63, 3.8) is 0 Å². The summed E-state index contributed by atoms with van der Waals surface area (Å²) in [5.74, 6) is -0.522. The van der Waals surface area contributed by atoms with Crippen molar-refractivity contribution in [3.8, 4) is 0 Å². The number of hydrogen-bond acceptors (Lipinski definition) is 3. The molecule has 0 aliphatic carbocycles. The molecule has 0 radical (unpaired) electrons. The average molecular weight is 227 g/mol. The van der Waals surface area contributed by atoms with E-state index in [4.69, 9.17) is 16.8 Å². The third-order valence-electron chi connectivity index (χ3n) is 1.85. The second-order valence-electron chi connectivity index (χ2n) is 3.17. The fourth-order valence-corrected chi connectivity index (χ4v) is 1.65. The summed E-state index contributed by atoms with van der Waals surface area (Å²) >= 11 is 5.96. The van der Waals surface area contributed by atoms with E-state index in [1.807, 2.05) is 19.9 Å². The average Bonchev–Trinajstić information content (AvgIpc) is 2.11. The zero-order chi connectivity index (χ0) is 11.4. The molecule has 0 atom stereocenters. The van der Waals surface area contributed by atoms with Gasteiger partial charge in [-0.3, -0.25) is 4.79 Å². The molecular weight excluding hydrogens is 216 g/mol. The number of hydrogen-bond donors (Lipinski definition) is 2. The predicted molar refractivity (Wildman–Crippen MR) is 59.8 cm³/mol. The fourth-order valence-electron chi connectivity index (χ4n) is 1.28. The Balaban J connectivity index is 3.00. The van der Waals surface area contributed by atoms with Gasteiger partial charge in [0.15, 0.2) is 0 Å². The Morgan fingerprint density at radius 1 is 1.53 bits per heavy atom. The number of carbonyl (C=O) groups excluding carboxylic acids is 1. The Kier molecular flexibility index (Phi) is 3.68. The summed E-state index contributed by atoms with van der Waals surface area (Å²) in [5.41, 5.74) is 2.41. The van der Waals surface area contributed by atoms with Crippen molar-refractivity contribution in [2.45, 2.75) is 13.8 Å². The van der Waals surface area contributed by atoms with E-state index in [9.17, 15) is 4.79 Å². The molecule has 0 aliphatic heterocycles. The highest BCUT2D eigenvalue weighted by Gasteiger charge is 2.07. The minimum atomic E-state index is -0.522. The molecule has 0 aromatic heterocycles. The number of benzene rings is 1. The molecule has 1 aromatic carbocycles. The van der Waals surface area contributed by atoms with Crippen molar-refractivity contribution >= 4 is 29.4 Å². The number of amides is 1. The van der Waals surface area contributed by atoms with Gasteiger partial charge >= 0.3 is 0 Å². The van der Waals surface area contributed by atoms with Crippen LogP contribution in [0.4, 0.5) is 5.69 Å². The Morgan fingerprint density at radius 2 is 2.20 bits per heavy atom. The number of nitrogens with zero attached hydrogens (tertiary/aromatic N) is 1. The van der Waals surface area contributed by atoms with Crippen LogP contribution in [0.5, 0.6) is 0 Å². The molecular formula is C10H11ClN2O2. The number of halogens is 1. The summed E-state index contributed by atoms with van der Waals surface area (Å²) in [6, 6.07) is 3.65. The van der Waals surface area contributed by atoms with Crippen molar-refractivity contribution in [2.24, 2.45) is 5.16 Å². The number of nitrogens with one attached hydrogen (secondary N) is 1. The van der Waals surface area contributed by atoms with Crippen molar-refractivity contribution in [3.05, 3.63) is 28.3 Å². The lowest BCUT2D eigenvalue weighted by Gasteiger charge is -2.09. The van der Waals surface area contributed by atoms with Gasteiger partial charge in [-0.05, 0) is 31.0 Å². The molecule has 80 valence electrons. The zero-order valence-electron chi connectivity index (χ0n) is 8.41. The normalized spacial score (nSPS) is 10.6. The molecule has 1 rings (SSSR count). The van der Waals surface area contributed by atoms with E-state index in [1.54, 1.807) is 6.07 Å². The first-order valence-corrected chi connectivity index (χ1v) is 4.67. The van der Waals surface area contributed by atoms with Crippen LogP contribution in [0.25, 0.3) is 0 Å². The molecule has 5 heteroatoms. The van der Waals surface area contributed by atoms with Gasteiger partial charge in [-0.25, -0.2) is 0 Å². The van der Waals surface area contributed by atoms with Crippen LogP contribution in [0.15, 0.2) is 17.3 Å². The summed E-state index contributed by atoms with van der Waals surface area (Å²) < 4.78 is 0. The van der Waals surface area contributed by atoms with Gasteiger partial charge in [0.25, 0.3) is 5.91 Å². The number of anilines is 1. The van der Waals surface area contributed by atoms with Crippen molar-refractivity contribution in [1.29, 1.82) is 0 Å². The minimum Gasteiger partial charge on any atom is -0.411 e. The minimum absolute atomic E-state index is 0.465. The summed E-state index contributed by atoms with van der Waals surface area (Å²) in [6.45, 7) is 3.75.